The average Bonchev–Trinajstić information content (AvgIpc) is 2.15. The summed E-state index contributed by atoms with van der Waals surface area (Å²) in [5.41, 5.74) is 0.0940. The summed E-state index contributed by atoms with van der Waals surface area (Å²) >= 11 is 0. The summed E-state index contributed by atoms with van der Waals surface area (Å²) in [6.07, 6.45) is 2.88. The molecule has 0 atom stereocenters. The quantitative estimate of drug-likeness (QED) is 0.719. The van der Waals surface area contributed by atoms with Gasteiger partial charge in [0.2, 0.25) is 5.91 Å². The molecule has 0 N–H and O–H groups in total. The SMILES string of the molecule is CN1CCC(N(C)C(=O)CC(C)(C)C)CC1. The van der Waals surface area contributed by atoms with Gasteiger partial charge in [0.1, 0.15) is 0 Å². The summed E-state index contributed by atoms with van der Waals surface area (Å²) < 4.78 is 0. The molecule has 1 aliphatic rings. The molecule has 0 spiro atoms. The number of hydrogen-bond donors (Lipinski definition) is 0. The van der Waals surface area contributed by atoms with Crippen molar-refractivity contribution in [1.29, 1.82) is 0 Å². The Balaban J connectivity index is 2.45. The van der Waals surface area contributed by atoms with Gasteiger partial charge in [-0.1, -0.05) is 20.8 Å². The number of carbonyl (C=O) groups is 1. The van der Waals surface area contributed by atoms with Crippen molar-refractivity contribution in [3.8, 4) is 0 Å². The van der Waals surface area contributed by atoms with E-state index < -0.39 is 0 Å². The summed E-state index contributed by atoms with van der Waals surface area (Å²) in [6, 6.07) is 0.450. The molecule has 0 unspecified atom stereocenters. The van der Waals surface area contributed by atoms with Crippen molar-refractivity contribution < 1.29 is 4.79 Å². The van der Waals surface area contributed by atoms with Crippen LogP contribution in [0.1, 0.15) is 40.0 Å². The van der Waals surface area contributed by atoms with E-state index in [9.17, 15) is 4.79 Å². The maximum Gasteiger partial charge on any atom is 0.223 e. The minimum absolute atomic E-state index is 0.0940. The summed E-state index contributed by atoms with van der Waals surface area (Å²) in [5.74, 6) is 0.294. The van der Waals surface area contributed by atoms with Crippen molar-refractivity contribution in [2.75, 3.05) is 27.2 Å². The fourth-order valence-electron chi connectivity index (χ4n) is 2.16. The molecule has 0 aliphatic carbocycles. The largest absolute Gasteiger partial charge is 0.343 e. The molecule has 16 heavy (non-hydrogen) atoms. The van der Waals surface area contributed by atoms with Gasteiger partial charge >= 0.3 is 0 Å². The van der Waals surface area contributed by atoms with Crippen LogP contribution in [0, 0.1) is 5.41 Å². The van der Waals surface area contributed by atoms with Gasteiger partial charge in [0.25, 0.3) is 0 Å². The fraction of sp³-hybridized carbons (Fsp3) is 0.923. The second kappa shape index (κ2) is 5.17. The highest BCUT2D eigenvalue weighted by Gasteiger charge is 2.26. The van der Waals surface area contributed by atoms with Gasteiger partial charge in [-0.2, -0.15) is 0 Å². The summed E-state index contributed by atoms with van der Waals surface area (Å²) in [5, 5.41) is 0. The number of likely N-dealkylation sites (tertiary alicyclic amines) is 1. The van der Waals surface area contributed by atoms with Crippen LogP contribution in [0.25, 0.3) is 0 Å². The number of piperidine rings is 1. The van der Waals surface area contributed by atoms with Crippen molar-refractivity contribution in [2.45, 2.75) is 46.1 Å². The Morgan fingerprint density at radius 2 is 1.81 bits per heavy atom. The first kappa shape index (κ1) is 13.5. The topological polar surface area (TPSA) is 23.6 Å². The Bertz CT molecular complexity index is 237. The van der Waals surface area contributed by atoms with Gasteiger partial charge in [-0.05, 0) is 38.4 Å². The van der Waals surface area contributed by atoms with Gasteiger partial charge in [0.05, 0.1) is 0 Å². The molecule has 0 aromatic heterocycles. The van der Waals surface area contributed by atoms with Crippen LogP contribution in [-0.2, 0) is 4.79 Å². The Kier molecular flexibility index (Phi) is 4.36. The molecule has 1 amide bonds. The first-order valence-corrected chi connectivity index (χ1v) is 6.24. The van der Waals surface area contributed by atoms with Crippen LogP contribution in [0.15, 0.2) is 0 Å². The van der Waals surface area contributed by atoms with E-state index >= 15 is 0 Å². The lowest BCUT2D eigenvalue weighted by Crippen LogP contribution is -2.45. The molecular weight excluding hydrogens is 200 g/mol. The predicted molar refractivity (Wildman–Crippen MR) is 67.4 cm³/mol. The van der Waals surface area contributed by atoms with E-state index in [0.29, 0.717) is 18.4 Å². The van der Waals surface area contributed by atoms with Crippen molar-refractivity contribution in [3.63, 3.8) is 0 Å². The van der Waals surface area contributed by atoms with E-state index in [1.807, 2.05) is 11.9 Å². The Hall–Kier alpha value is -0.570. The lowest BCUT2D eigenvalue weighted by molar-refractivity contribution is -0.134. The Morgan fingerprint density at radius 3 is 2.25 bits per heavy atom. The third-order valence-electron chi connectivity index (χ3n) is 3.31. The van der Waals surface area contributed by atoms with Gasteiger partial charge in [-0.25, -0.2) is 0 Å². The van der Waals surface area contributed by atoms with Crippen molar-refractivity contribution >= 4 is 5.91 Å². The molecule has 0 aromatic carbocycles. The van der Waals surface area contributed by atoms with E-state index in [-0.39, 0.29) is 5.41 Å². The van der Waals surface area contributed by atoms with Gasteiger partial charge in [-0.15, -0.1) is 0 Å². The average molecular weight is 226 g/mol. The van der Waals surface area contributed by atoms with Crippen LogP contribution in [0.4, 0.5) is 0 Å². The molecule has 0 saturated carbocycles. The van der Waals surface area contributed by atoms with Gasteiger partial charge in [0.15, 0.2) is 0 Å². The maximum atomic E-state index is 12.1. The van der Waals surface area contributed by atoms with Crippen LogP contribution in [0.2, 0.25) is 0 Å². The zero-order valence-corrected chi connectivity index (χ0v) is 11.4. The minimum Gasteiger partial charge on any atom is -0.343 e. The zero-order chi connectivity index (χ0) is 12.3. The van der Waals surface area contributed by atoms with Crippen LogP contribution in [-0.4, -0.2) is 48.9 Å². The van der Waals surface area contributed by atoms with Crippen molar-refractivity contribution in [2.24, 2.45) is 5.41 Å². The van der Waals surface area contributed by atoms with Gasteiger partial charge in [0, 0.05) is 19.5 Å². The third-order valence-corrected chi connectivity index (χ3v) is 3.31. The molecule has 1 aliphatic heterocycles. The second-order valence-electron chi connectivity index (χ2n) is 6.28. The van der Waals surface area contributed by atoms with E-state index in [4.69, 9.17) is 0 Å². The van der Waals surface area contributed by atoms with Crippen molar-refractivity contribution in [1.82, 2.24) is 9.80 Å². The summed E-state index contributed by atoms with van der Waals surface area (Å²) in [4.78, 5) is 16.4. The van der Waals surface area contributed by atoms with Crippen LogP contribution >= 0.6 is 0 Å². The molecule has 0 bridgehead atoms. The molecule has 1 saturated heterocycles. The first-order valence-electron chi connectivity index (χ1n) is 6.24. The molecule has 3 heteroatoms. The number of amides is 1. The predicted octanol–water partition coefficient (Wildman–Crippen LogP) is 1.98. The molecular formula is C13H26N2O. The normalized spacial score (nSPS) is 19.8. The first-order chi connectivity index (χ1) is 7.29. The Labute approximate surface area is 99.8 Å². The van der Waals surface area contributed by atoms with E-state index in [0.717, 1.165) is 25.9 Å². The molecule has 1 heterocycles. The van der Waals surface area contributed by atoms with Gasteiger partial charge in [-0.3, -0.25) is 4.79 Å². The number of rotatable bonds is 2. The molecule has 1 fully saturated rings. The lowest BCUT2D eigenvalue weighted by atomic mass is 9.91. The minimum atomic E-state index is 0.0940. The molecule has 0 radical (unpaired) electrons. The van der Waals surface area contributed by atoms with Gasteiger partial charge < -0.3 is 9.80 Å². The highest BCUT2D eigenvalue weighted by Crippen LogP contribution is 2.22. The van der Waals surface area contributed by atoms with Crippen LogP contribution in [0.5, 0.6) is 0 Å². The zero-order valence-electron chi connectivity index (χ0n) is 11.4. The van der Waals surface area contributed by atoms with Crippen LogP contribution in [0.3, 0.4) is 0 Å². The summed E-state index contributed by atoms with van der Waals surface area (Å²) in [6.45, 7) is 8.57. The highest BCUT2D eigenvalue weighted by molar-refractivity contribution is 5.76. The van der Waals surface area contributed by atoms with Crippen molar-refractivity contribution in [3.05, 3.63) is 0 Å². The maximum absolute atomic E-state index is 12.1. The molecule has 0 aromatic rings. The molecule has 3 nitrogen and oxygen atoms in total. The number of hydrogen-bond acceptors (Lipinski definition) is 2. The monoisotopic (exact) mass is 226 g/mol. The smallest absolute Gasteiger partial charge is 0.223 e. The lowest BCUT2D eigenvalue weighted by Gasteiger charge is -2.36. The Morgan fingerprint density at radius 1 is 1.31 bits per heavy atom. The number of nitrogens with zero attached hydrogens (tertiary/aromatic N) is 2. The van der Waals surface area contributed by atoms with Crippen LogP contribution < -0.4 is 0 Å². The standard InChI is InChI=1S/C13H26N2O/c1-13(2,3)10-12(16)15(5)11-6-8-14(4)9-7-11/h11H,6-10H2,1-5H3. The van der Waals surface area contributed by atoms with E-state index in [1.54, 1.807) is 0 Å². The van der Waals surface area contributed by atoms with E-state index in [1.165, 1.54) is 0 Å². The molecule has 94 valence electrons. The fourth-order valence-corrected chi connectivity index (χ4v) is 2.16. The van der Waals surface area contributed by atoms with E-state index in [2.05, 4.69) is 32.7 Å². The number of carbonyl (C=O) groups excluding carboxylic acids is 1. The second-order valence-corrected chi connectivity index (χ2v) is 6.28. The highest BCUT2D eigenvalue weighted by atomic mass is 16.2. The summed E-state index contributed by atoms with van der Waals surface area (Å²) in [7, 11) is 4.11. The molecule has 1 rings (SSSR count). The third kappa shape index (κ3) is 4.12.